The third kappa shape index (κ3) is 3.20. The van der Waals surface area contributed by atoms with E-state index >= 15 is 0 Å². The van der Waals surface area contributed by atoms with E-state index in [0.717, 1.165) is 29.4 Å². The molecular formula is C23H22N4O2. The van der Waals surface area contributed by atoms with Crippen molar-refractivity contribution in [2.75, 3.05) is 24.5 Å². The van der Waals surface area contributed by atoms with Crippen LogP contribution in [0.3, 0.4) is 0 Å². The minimum absolute atomic E-state index is 0.0431. The van der Waals surface area contributed by atoms with Gasteiger partial charge in [-0.05, 0) is 43.7 Å². The second-order valence-electron chi connectivity index (χ2n) is 7.71. The summed E-state index contributed by atoms with van der Waals surface area (Å²) in [5.74, 6) is 1.82. The number of hydrogen-bond donors (Lipinski definition) is 0. The molecular weight excluding hydrogens is 364 g/mol. The maximum Gasteiger partial charge on any atom is 0.254 e. The van der Waals surface area contributed by atoms with Crippen LogP contribution in [0.1, 0.15) is 21.7 Å². The number of anilines is 1. The van der Waals surface area contributed by atoms with Crippen LogP contribution in [0, 0.1) is 19.8 Å². The number of rotatable bonds is 3. The third-order valence-corrected chi connectivity index (χ3v) is 5.54. The van der Waals surface area contributed by atoms with Crippen LogP contribution in [-0.2, 0) is 0 Å². The molecule has 1 atom stereocenters. The molecule has 0 saturated carbocycles. The first kappa shape index (κ1) is 17.7. The van der Waals surface area contributed by atoms with E-state index in [1.807, 2.05) is 61.2 Å². The van der Waals surface area contributed by atoms with Crippen molar-refractivity contribution >= 4 is 11.9 Å². The maximum atomic E-state index is 13.3. The van der Waals surface area contributed by atoms with E-state index in [4.69, 9.17) is 4.42 Å². The molecule has 2 aliphatic rings. The van der Waals surface area contributed by atoms with Crippen LogP contribution < -0.4 is 4.90 Å². The second kappa shape index (κ2) is 6.88. The van der Waals surface area contributed by atoms with E-state index in [1.54, 1.807) is 6.26 Å². The first-order valence-electron chi connectivity index (χ1n) is 9.80. The van der Waals surface area contributed by atoms with Gasteiger partial charge in [-0.1, -0.05) is 18.2 Å². The lowest BCUT2D eigenvalue weighted by molar-refractivity contribution is 0.0789. The zero-order chi connectivity index (χ0) is 20.0. The molecule has 2 aliphatic heterocycles. The maximum absolute atomic E-state index is 13.3. The molecule has 1 aromatic carbocycles. The van der Waals surface area contributed by atoms with E-state index in [-0.39, 0.29) is 5.91 Å². The number of carbonyl (C=O) groups is 1. The van der Waals surface area contributed by atoms with E-state index in [2.05, 4.69) is 21.1 Å². The van der Waals surface area contributed by atoms with Gasteiger partial charge in [0.1, 0.15) is 5.76 Å². The fourth-order valence-corrected chi connectivity index (χ4v) is 4.23. The molecule has 0 bridgehead atoms. The number of likely N-dealkylation sites (tertiary alicyclic amines) is 1. The standard InChI is InChI=1S/C23H22N4O2/c1-15-10-16(2)25-23(24-15)27-13-17-11-26(12-18(17)14-27)22(28)20-7-4-3-6-19(20)21-8-5-9-29-21/h3-10,13,18H,11-12,14H2,1-2H3. The van der Waals surface area contributed by atoms with E-state index in [1.165, 1.54) is 5.57 Å². The van der Waals surface area contributed by atoms with Gasteiger partial charge in [0.25, 0.3) is 5.91 Å². The van der Waals surface area contributed by atoms with E-state index in [0.29, 0.717) is 30.3 Å². The lowest BCUT2D eigenvalue weighted by Gasteiger charge is -2.21. The zero-order valence-corrected chi connectivity index (χ0v) is 16.5. The fraction of sp³-hybridized carbons (Fsp3) is 0.261. The predicted octanol–water partition coefficient (Wildman–Crippen LogP) is 3.83. The minimum Gasteiger partial charge on any atom is -0.464 e. The van der Waals surface area contributed by atoms with Gasteiger partial charge in [0.2, 0.25) is 5.95 Å². The molecule has 3 aromatic rings. The average Bonchev–Trinajstić information content (AvgIpc) is 3.43. The SMILES string of the molecule is Cc1cc(C)nc(N2C=C3CN(C(=O)c4ccccc4-c4ccco4)CC3C2)n1. The highest BCUT2D eigenvalue weighted by atomic mass is 16.3. The summed E-state index contributed by atoms with van der Waals surface area (Å²) in [6.07, 6.45) is 3.75. The van der Waals surface area contributed by atoms with Crippen molar-refractivity contribution in [3.63, 3.8) is 0 Å². The van der Waals surface area contributed by atoms with E-state index < -0.39 is 0 Å². The van der Waals surface area contributed by atoms with Crippen molar-refractivity contribution in [1.29, 1.82) is 0 Å². The molecule has 6 heteroatoms. The average molecular weight is 386 g/mol. The van der Waals surface area contributed by atoms with Gasteiger partial charge in [-0.3, -0.25) is 4.79 Å². The first-order chi connectivity index (χ1) is 14.1. The second-order valence-corrected chi connectivity index (χ2v) is 7.71. The summed E-state index contributed by atoms with van der Waals surface area (Å²) in [4.78, 5) is 26.4. The highest BCUT2D eigenvalue weighted by Crippen LogP contribution is 2.33. The van der Waals surface area contributed by atoms with Crippen LogP contribution in [0.2, 0.25) is 0 Å². The normalized spacial score (nSPS) is 18.1. The summed E-state index contributed by atoms with van der Waals surface area (Å²) in [6.45, 7) is 6.12. The first-order valence-corrected chi connectivity index (χ1v) is 9.80. The zero-order valence-electron chi connectivity index (χ0n) is 16.5. The molecule has 0 N–H and O–H groups in total. The molecule has 1 amide bonds. The van der Waals surface area contributed by atoms with E-state index in [9.17, 15) is 4.79 Å². The summed E-state index contributed by atoms with van der Waals surface area (Å²) in [5.41, 5.74) is 4.71. The van der Waals surface area contributed by atoms with Crippen LogP contribution >= 0.6 is 0 Å². The molecule has 5 rings (SSSR count). The van der Waals surface area contributed by atoms with Gasteiger partial charge < -0.3 is 14.2 Å². The van der Waals surface area contributed by atoms with Crippen molar-refractivity contribution in [1.82, 2.24) is 14.9 Å². The number of carbonyl (C=O) groups excluding carboxylic acids is 1. The Kier molecular flexibility index (Phi) is 4.19. The smallest absolute Gasteiger partial charge is 0.254 e. The molecule has 146 valence electrons. The largest absolute Gasteiger partial charge is 0.464 e. The number of hydrogen-bond acceptors (Lipinski definition) is 5. The summed E-state index contributed by atoms with van der Waals surface area (Å²) in [7, 11) is 0. The van der Waals surface area contributed by atoms with Crippen LogP contribution in [0.5, 0.6) is 0 Å². The monoisotopic (exact) mass is 386 g/mol. The van der Waals surface area contributed by atoms with Gasteiger partial charge in [-0.25, -0.2) is 9.97 Å². The Balaban J connectivity index is 1.37. The van der Waals surface area contributed by atoms with Crippen molar-refractivity contribution in [2.24, 2.45) is 5.92 Å². The summed E-state index contributed by atoms with van der Waals surface area (Å²) >= 11 is 0. The highest BCUT2D eigenvalue weighted by Gasteiger charge is 2.37. The Morgan fingerprint density at radius 2 is 1.86 bits per heavy atom. The van der Waals surface area contributed by atoms with Crippen molar-refractivity contribution in [2.45, 2.75) is 13.8 Å². The van der Waals surface area contributed by atoms with Gasteiger partial charge in [0.05, 0.1) is 11.8 Å². The van der Waals surface area contributed by atoms with Gasteiger partial charge >= 0.3 is 0 Å². The van der Waals surface area contributed by atoms with Crippen molar-refractivity contribution in [3.8, 4) is 11.3 Å². The number of benzene rings is 1. The Morgan fingerprint density at radius 3 is 2.59 bits per heavy atom. The topological polar surface area (TPSA) is 62.5 Å². The fourth-order valence-electron chi connectivity index (χ4n) is 4.23. The van der Waals surface area contributed by atoms with Crippen LogP contribution in [0.25, 0.3) is 11.3 Å². The predicted molar refractivity (Wildman–Crippen MR) is 110 cm³/mol. The number of furan rings is 1. The van der Waals surface area contributed by atoms with Crippen molar-refractivity contribution in [3.05, 3.63) is 77.5 Å². The molecule has 1 fully saturated rings. The molecule has 1 saturated heterocycles. The Bertz CT molecular complexity index is 1080. The summed E-state index contributed by atoms with van der Waals surface area (Å²) in [5, 5.41) is 0. The number of nitrogens with zero attached hydrogens (tertiary/aromatic N) is 4. The summed E-state index contributed by atoms with van der Waals surface area (Å²) < 4.78 is 5.53. The molecule has 0 spiro atoms. The molecule has 0 radical (unpaired) electrons. The highest BCUT2D eigenvalue weighted by molar-refractivity contribution is 6.00. The van der Waals surface area contributed by atoms with Gasteiger partial charge in [-0.15, -0.1) is 0 Å². The number of fused-ring (bicyclic) bond motifs is 1. The lowest BCUT2D eigenvalue weighted by Crippen LogP contribution is -2.32. The van der Waals surface area contributed by atoms with Crippen LogP contribution in [0.15, 0.2) is 64.9 Å². The number of aryl methyl sites for hydroxylation is 2. The Labute approximate surface area is 169 Å². The minimum atomic E-state index is 0.0431. The molecule has 6 nitrogen and oxygen atoms in total. The Morgan fingerprint density at radius 1 is 1.07 bits per heavy atom. The molecule has 4 heterocycles. The number of aromatic nitrogens is 2. The summed E-state index contributed by atoms with van der Waals surface area (Å²) in [6, 6.07) is 13.3. The van der Waals surface area contributed by atoms with Gasteiger partial charge in [-0.2, -0.15) is 0 Å². The van der Waals surface area contributed by atoms with Crippen LogP contribution in [-0.4, -0.2) is 40.4 Å². The molecule has 1 unspecified atom stereocenters. The molecule has 0 aliphatic carbocycles. The molecule has 2 aromatic heterocycles. The third-order valence-electron chi connectivity index (χ3n) is 5.54. The van der Waals surface area contributed by atoms with Crippen LogP contribution in [0.4, 0.5) is 5.95 Å². The van der Waals surface area contributed by atoms with Gasteiger partial charge in [0.15, 0.2) is 0 Å². The lowest BCUT2D eigenvalue weighted by atomic mass is 10.0. The molecule has 29 heavy (non-hydrogen) atoms. The van der Waals surface area contributed by atoms with Crippen molar-refractivity contribution < 1.29 is 9.21 Å². The quantitative estimate of drug-likeness (QED) is 0.685. The number of amides is 1. The Hall–Kier alpha value is -3.41. The van der Waals surface area contributed by atoms with Gasteiger partial charge in [0, 0.05) is 48.7 Å².